The van der Waals surface area contributed by atoms with Crippen molar-refractivity contribution in [1.82, 2.24) is 9.78 Å². The molecule has 0 amide bonds. The summed E-state index contributed by atoms with van der Waals surface area (Å²) in [4.78, 5) is 13.0. The van der Waals surface area contributed by atoms with E-state index in [4.69, 9.17) is 0 Å². The van der Waals surface area contributed by atoms with Crippen molar-refractivity contribution in [3.8, 4) is 16.9 Å². The molecule has 0 aliphatic heterocycles. The van der Waals surface area contributed by atoms with E-state index in [1.807, 2.05) is 0 Å². The maximum absolute atomic E-state index is 14.4. The minimum Gasteiger partial charge on any atom is -0.267 e. The summed E-state index contributed by atoms with van der Waals surface area (Å²) in [6.45, 7) is 0. The van der Waals surface area contributed by atoms with Crippen LogP contribution in [0, 0.1) is 11.6 Å². The molecule has 4 aromatic rings. The number of hydrogen-bond acceptors (Lipinski definition) is 4. The summed E-state index contributed by atoms with van der Waals surface area (Å²) in [5.74, 6) is -1.72. The molecule has 0 saturated carbocycles. The quantitative estimate of drug-likeness (QED) is 0.514. The highest BCUT2D eigenvalue weighted by Gasteiger charge is 2.17. The van der Waals surface area contributed by atoms with Gasteiger partial charge in [-0.2, -0.15) is 9.78 Å². The lowest BCUT2D eigenvalue weighted by molar-refractivity contribution is 0.571. The number of sulfone groups is 1. The fourth-order valence-corrected chi connectivity index (χ4v) is 3.76. The molecule has 0 N–H and O–H groups in total. The van der Waals surface area contributed by atoms with Crippen molar-refractivity contribution in [1.29, 1.82) is 0 Å². The topological polar surface area (TPSA) is 69.0 Å². The first-order chi connectivity index (χ1) is 13.8. The van der Waals surface area contributed by atoms with Crippen LogP contribution in [0.4, 0.5) is 8.78 Å². The fourth-order valence-electron chi connectivity index (χ4n) is 3.09. The lowest BCUT2D eigenvalue weighted by Crippen LogP contribution is -2.23. The molecule has 0 spiro atoms. The molecule has 1 aromatic heterocycles. The van der Waals surface area contributed by atoms with E-state index >= 15 is 0 Å². The van der Waals surface area contributed by atoms with Gasteiger partial charge in [0.05, 0.1) is 16.0 Å². The van der Waals surface area contributed by atoms with Gasteiger partial charge < -0.3 is 0 Å². The second-order valence-corrected chi connectivity index (χ2v) is 8.52. The van der Waals surface area contributed by atoms with Gasteiger partial charge in [0.2, 0.25) is 0 Å². The number of rotatable bonds is 3. The van der Waals surface area contributed by atoms with Crippen molar-refractivity contribution in [2.75, 3.05) is 6.26 Å². The molecule has 0 aliphatic carbocycles. The molecule has 8 heteroatoms. The van der Waals surface area contributed by atoms with E-state index in [-0.39, 0.29) is 16.0 Å². The lowest BCUT2D eigenvalue weighted by atomic mass is 10.1. The summed E-state index contributed by atoms with van der Waals surface area (Å²) < 4.78 is 52.4. The van der Waals surface area contributed by atoms with E-state index in [1.165, 1.54) is 12.1 Å². The first-order valence-electron chi connectivity index (χ1n) is 8.54. The molecule has 4 rings (SSSR count). The summed E-state index contributed by atoms with van der Waals surface area (Å²) in [6, 6.07) is 15.6. The number of aromatic nitrogens is 2. The number of benzene rings is 3. The Morgan fingerprint density at radius 2 is 1.62 bits per heavy atom. The molecule has 0 radical (unpaired) electrons. The zero-order valence-electron chi connectivity index (χ0n) is 15.1. The molecule has 146 valence electrons. The van der Waals surface area contributed by atoms with Crippen LogP contribution < -0.4 is 5.56 Å². The standard InChI is InChI=1S/C21H14F2N2O3S/c1-29(27,28)15-6-4-5-13(11-15)20-16-7-2-3-8-17(16)21(26)25(24-20)19-10-9-14(22)12-18(19)23/h2-12H,1H3. The molecule has 5 nitrogen and oxygen atoms in total. The van der Waals surface area contributed by atoms with Crippen LogP contribution in [0.1, 0.15) is 0 Å². The highest BCUT2D eigenvalue weighted by atomic mass is 32.2. The molecule has 0 fully saturated rings. The van der Waals surface area contributed by atoms with Gasteiger partial charge in [-0.1, -0.05) is 30.3 Å². The number of nitrogens with zero attached hydrogens (tertiary/aromatic N) is 2. The van der Waals surface area contributed by atoms with Crippen LogP contribution in [-0.4, -0.2) is 24.5 Å². The van der Waals surface area contributed by atoms with Gasteiger partial charge in [-0.15, -0.1) is 0 Å². The van der Waals surface area contributed by atoms with Gasteiger partial charge >= 0.3 is 0 Å². The molecule has 0 bridgehead atoms. The minimum atomic E-state index is -3.47. The molecule has 0 unspecified atom stereocenters. The van der Waals surface area contributed by atoms with Crippen LogP contribution in [-0.2, 0) is 9.84 Å². The Balaban J connectivity index is 2.08. The van der Waals surface area contributed by atoms with Gasteiger partial charge in [0.25, 0.3) is 5.56 Å². The average Bonchev–Trinajstić information content (AvgIpc) is 2.69. The Morgan fingerprint density at radius 3 is 2.31 bits per heavy atom. The number of halogens is 2. The average molecular weight is 412 g/mol. The van der Waals surface area contributed by atoms with Crippen molar-refractivity contribution in [3.05, 3.63) is 88.7 Å². The lowest BCUT2D eigenvalue weighted by Gasteiger charge is -2.12. The maximum Gasteiger partial charge on any atom is 0.279 e. The van der Waals surface area contributed by atoms with Crippen molar-refractivity contribution < 1.29 is 17.2 Å². The summed E-state index contributed by atoms with van der Waals surface area (Å²) in [5.41, 5.74) is -0.0355. The third kappa shape index (κ3) is 3.42. The Kier molecular flexibility index (Phi) is 4.50. The highest BCUT2D eigenvalue weighted by molar-refractivity contribution is 7.90. The third-order valence-corrected chi connectivity index (χ3v) is 5.59. The third-order valence-electron chi connectivity index (χ3n) is 4.48. The molecule has 3 aromatic carbocycles. The maximum atomic E-state index is 14.4. The van der Waals surface area contributed by atoms with Crippen molar-refractivity contribution in [3.63, 3.8) is 0 Å². The van der Waals surface area contributed by atoms with E-state index in [2.05, 4.69) is 5.10 Å². The van der Waals surface area contributed by atoms with Gasteiger partial charge in [-0.25, -0.2) is 17.2 Å². The number of fused-ring (bicyclic) bond motifs is 1. The van der Waals surface area contributed by atoms with Crippen LogP contribution >= 0.6 is 0 Å². The van der Waals surface area contributed by atoms with Crippen molar-refractivity contribution >= 4 is 20.6 Å². The number of hydrogen-bond donors (Lipinski definition) is 0. The van der Waals surface area contributed by atoms with Gasteiger partial charge in [-0.05, 0) is 30.3 Å². The van der Waals surface area contributed by atoms with E-state index in [0.717, 1.165) is 23.1 Å². The van der Waals surface area contributed by atoms with E-state index in [1.54, 1.807) is 36.4 Å². The fraction of sp³-hybridized carbons (Fsp3) is 0.0476. The van der Waals surface area contributed by atoms with Gasteiger partial charge in [0.15, 0.2) is 15.7 Å². The van der Waals surface area contributed by atoms with Crippen molar-refractivity contribution in [2.24, 2.45) is 0 Å². The normalized spacial score (nSPS) is 11.7. The van der Waals surface area contributed by atoms with Gasteiger partial charge in [0.1, 0.15) is 11.5 Å². The van der Waals surface area contributed by atoms with Crippen LogP contribution in [0.3, 0.4) is 0 Å². The highest BCUT2D eigenvalue weighted by Crippen LogP contribution is 2.27. The second-order valence-electron chi connectivity index (χ2n) is 6.51. The molecule has 0 atom stereocenters. The second kappa shape index (κ2) is 6.89. The van der Waals surface area contributed by atoms with Crippen LogP contribution in [0.5, 0.6) is 0 Å². The zero-order valence-corrected chi connectivity index (χ0v) is 16.0. The summed E-state index contributed by atoms with van der Waals surface area (Å²) in [7, 11) is -3.47. The van der Waals surface area contributed by atoms with Gasteiger partial charge in [0, 0.05) is 23.3 Å². The summed E-state index contributed by atoms with van der Waals surface area (Å²) >= 11 is 0. The SMILES string of the molecule is CS(=O)(=O)c1cccc(-c2nn(-c3ccc(F)cc3F)c(=O)c3ccccc23)c1. The predicted molar refractivity (Wildman–Crippen MR) is 106 cm³/mol. The summed E-state index contributed by atoms with van der Waals surface area (Å²) in [6.07, 6.45) is 1.09. The molecule has 1 heterocycles. The van der Waals surface area contributed by atoms with E-state index in [9.17, 15) is 22.0 Å². The Hall–Kier alpha value is -3.39. The van der Waals surface area contributed by atoms with Crippen molar-refractivity contribution in [2.45, 2.75) is 4.90 Å². The van der Waals surface area contributed by atoms with Crippen LogP contribution in [0.25, 0.3) is 27.7 Å². The molecular weight excluding hydrogens is 398 g/mol. The van der Waals surface area contributed by atoms with E-state index < -0.39 is 27.0 Å². The minimum absolute atomic E-state index is 0.0894. The summed E-state index contributed by atoms with van der Waals surface area (Å²) in [5, 5.41) is 5.06. The first kappa shape index (κ1) is 18.9. The molecule has 0 saturated heterocycles. The smallest absolute Gasteiger partial charge is 0.267 e. The van der Waals surface area contributed by atoms with Gasteiger partial charge in [-0.3, -0.25) is 4.79 Å². The predicted octanol–water partition coefficient (Wildman–Crippen LogP) is 3.73. The zero-order chi connectivity index (χ0) is 20.8. The molecule has 29 heavy (non-hydrogen) atoms. The monoisotopic (exact) mass is 412 g/mol. The molecule has 0 aliphatic rings. The molecular formula is C21H14F2N2O3S. The Labute approximate surface area is 164 Å². The largest absolute Gasteiger partial charge is 0.279 e. The van der Waals surface area contributed by atoms with E-state index in [0.29, 0.717) is 22.7 Å². The van der Waals surface area contributed by atoms with Crippen LogP contribution in [0.2, 0.25) is 0 Å². The van der Waals surface area contributed by atoms with Crippen LogP contribution in [0.15, 0.2) is 76.4 Å². The first-order valence-corrected chi connectivity index (χ1v) is 10.4. The Bertz CT molecular complexity index is 1430. The Morgan fingerprint density at radius 1 is 0.897 bits per heavy atom.